The highest BCUT2D eigenvalue weighted by molar-refractivity contribution is 6.24. The van der Waals surface area contributed by atoms with E-state index in [1.165, 1.54) is 87.8 Å². The van der Waals surface area contributed by atoms with E-state index >= 15 is 0 Å². The largest absolute Gasteiger partial charge is 0.456 e. The number of furan rings is 1. The average Bonchev–Trinajstić information content (AvgIpc) is 3.63. The number of hydrogen-bond donors (Lipinski definition) is 0. The van der Waals surface area contributed by atoms with Crippen LogP contribution in [0.2, 0.25) is 0 Å². The fraction of sp³-hybridized carbons (Fsp3) is 0.0638. The Kier molecular flexibility index (Phi) is 5.69. The maximum atomic E-state index is 6.50. The molecule has 0 N–H and O–H groups in total. The second-order valence-electron chi connectivity index (χ2n) is 13.6. The highest BCUT2D eigenvalue weighted by Gasteiger charge is 2.40. The predicted molar refractivity (Wildman–Crippen MR) is 203 cm³/mol. The zero-order chi connectivity index (χ0) is 32.0. The molecule has 0 saturated heterocycles. The van der Waals surface area contributed by atoms with Crippen molar-refractivity contribution in [3.63, 3.8) is 0 Å². The van der Waals surface area contributed by atoms with Crippen LogP contribution in [0.25, 0.3) is 88.0 Å². The summed E-state index contributed by atoms with van der Waals surface area (Å²) in [7, 11) is 0. The van der Waals surface area contributed by atoms with Crippen LogP contribution in [0.4, 0.5) is 0 Å². The first kappa shape index (κ1) is 27.2. The minimum absolute atomic E-state index is 0.185. The second-order valence-corrected chi connectivity index (χ2v) is 13.6. The lowest BCUT2D eigenvalue weighted by Crippen LogP contribution is -2.15. The van der Waals surface area contributed by atoms with Crippen molar-refractivity contribution in [2.75, 3.05) is 0 Å². The summed E-state index contributed by atoms with van der Waals surface area (Å²) in [5, 5.41) is 8.77. The summed E-state index contributed by atoms with van der Waals surface area (Å²) in [6.45, 7) is 4.68. The van der Waals surface area contributed by atoms with Gasteiger partial charge in [0, 0.05) is 21.9 Å². The molecule has 226 valence electrons. The zero-order valence-corrected chi connectivity index (χ0v) is 26.9. The van der Waals surface area contributed by atoms with Crippen molar-refractivity contribution in [2.45, 2.75) is 19.3 Å². The van der Waals surface area contributed by atoms with E-state index in [1.807, 2.05) is 0 Å². The van der Waals surface area contributed by atoms with Crippen LogP contribution in [0.15, 0.2) is 162 Å². The molecule has 8 aromatic carbocycles. The minimum Gasteiger partial charge on any atom is -0.456 e. The fourth-order valence-corrected chi connectivity index (χ4v) is 8.45. The van der Waals surface area contributed by atoms with Crippen LogP contribution in [0.5, 0.6) is 0 Å². The molecule has 1 heteroatoms. The Morgan fingerprint density at radius 2 is 1.00 bits per heavy atom. The van der Waals surface area contributed by atoms with Gasteiger partial charge in [0.1, 0.15) is 11.3 Å². The number of hydrogen-bond acceptors (Lipinski definition) is 1. The molecular formula is C47H32O. The summed E-state index contributed by atoms with van der Waals surface area (Å²) < 4.78 is 6.50. The predicted octanol–water partition coefficient (Wildman–Crippen LogP) is 13.2. The van der Waals surface area contributed by atoms with E-state index in [1.54, 1.807) is 0 Å². The second kappa shape index (κ2) is 10.0. The molecule has 0 bridgehead atoms. The van der Waals surface area contributed by atoms with Crippen molar-refractivity contribution < 1.29 is 4.42 Å². The van der Waals surface area contributed by atoms with Crippen LogP contribution in [0.1, 0.15) is 25.0 Å². The molecule has 1 aromatic heterocycles. The highest BCUT2D eigenvalue weighted by Crippen LogP contribution is 2.54. The first-order chi connectivity index (χ1) is 23.6. The van der Waals surface area contributed by atoms with Crippen molar-refractivity contribution >= 4 is 43.3 Å². The van der Waals surface area contributed by atoms with E-state index in [0.717, 1.165) is 11.3 Å². The Morgan fingerprint density at radius 1 is 0.417 bits per heavy atom. The molecule has 1 aliphatic carbocycles. The first-order valence-corrected chi connectivity index (χ1v) is 16.8. The van der Waals surface area contributed by atoms with Crippen LogP contribution < -0.4 is 0 Å². The molecule has 0 fully saturated rings. The molecule has 48 heavy (non-hydrogen) atoms. The Bertz CT molecular complexity index is 2690. The van der Waals surface area contributed by atoms with Gasteiger partial charge < -0.3 is 4.42 Å². The van der Waals surface area contributed by atoms with E-state index in [-0.39, 0.29) is 5.41 Å². The number of para-hydroxylation sites is 1. The van der Waals surface area contributed by atoms with Gasteiger partial charge in [-0.1, -0.05) is 147 Å². The molecule has 0 saturated carbocycles. The summed E-state index contributed by atoms with van der Waals surface area (Å²) in [6.07, 6.45) is 0. The van der Waals surface area contributed by atoms with Gasteiger partial charge in [-0.3, -0.25) is 0 Å². The lowest BCUT2D eigenvalue weighted by Gasteiger charge is -2.23. The molecule has 1 aliphatic rings. The summed E-state index contributed by atoms with van der Waals surface area (Å²) in [5.41, 5.74) is 12.1. The quantitative estimate of drug-likeness (QED) is 0.181. The average molecular weight is 613 g/mol. The monoisotopic (exact) mass is 612 g/mol. The fourth-order valence-electron chi connectivity index (χ4n) is 8.45. The van der Waals surface area contributed by atoms with Crippen molar-refractivity contribution in [2.24, 2.45) is 0 Å². The summed E-state index contributed by atoms with van der Waals surface area (Å²) >= 11 is 0. The Balaban J connectivity index is 1.26. The van der Waals surface area contributed by atoms with Gasteiger partial charge in [0.05, 0.1) is 0 Å². The number of benzene rings is 8. The summed E-state index contributed by atoms with van der Waals surface area (Å²) in [6, 6.07) is 57.7. The SMILES string of the molecule is CC1(C)c2cc(-c3c4ccccc4c(-c4cc(-c5ccccc5)cc5ccccc45)c4ccccc34)ccc2-c2oc3ccccc3c21. The third-order valence-corrected chi connectivity index (χ3v) is 10.6. The van der Waals surface area contributed by atoms with Gasteiger partial charge in [-0.05, 0) is 95.5 Å². The van der Waals surface area contributed by atoms with E-state index < -0.39 is 0 Å². The molecule has 0 radical (unpaired) electrons. The molecule has 0 spiro atoms. The van der Waals surface area contributed by atoms with Gasteiger partial charge in [0.25, 0.3) is 0 Å². The van der Waals surface area contributed by atoms with E-state index in [4.69, 9.17) is 4.42 Å². The van der Waals surface area contributed by atoms with E-state index in [0.29, 0.717) is 0 Å². The molecule has 0 unspecified atom stereocenters. The standard InChI is InChI=1S/C47H32O/c1-47(2)41-28-31(24-25-38(41)46-45(47)39-22-12-13-23-42(39)48-46)43-34-18-8-10-20-36(34)44(37-21-11-9-19-35(37)43)40-27-32(29-14-4-3-5-15-29)26-30-16-6-7-17-33(30)40/h3-28H,1-2H3. The molecule has 0 atom stereocenters. The molecule has 0 amide bonds. The highest BCUT2D eigenvalue weighted by atomic mass is 16.3. The first-order valence-electron chi connectivity index (χ1n) is 16.8. The smallest absolute Gasteiger partial charge is 0.139 e. The van der Waals surface area contributed by atoms with Gasteiger partial charge in [0.2, 0.25) is 0 Å². The molecular weight excluding hydrogens is 581 g/mol. The van der Waals surface area contributed by atoms with Crippen LogP contribution in [-0.2, 0) is 5.41 Å². The van der Waals surface area contributed by atoms with Crippen molar-refractivity contribution in [3.05, 3.63) is 169 Å². The summed E-state index contributed by atoms with van der Waals surface area (Å²) in [4.78, 5) is 0. The molecule has 10 rings (SSSR count). The topological polar surface area (TPSA) is 13.1 Å². The van der Waals surface area contributed by atoms with Crippen LogP contribution in [-0.4, -0.2) is 0 Å². The number of rotatable bonds is 3. The van der Waals surface area contributed by atoms with E-state index in [9.17, 15) is 0 Å². The lowest BCUT2D eigenvalue weighted by molar-refractivity contribution is 0.619. The van der Waals surface area contributed by atoms with Crippen molar-refractivity contribution in [3.8, 4) is 44.7 Å². The molecule has 9 aromatic rings. The van der Waals surface area contributed by atoms with Gasteiger partial charge in [0.15, 0.2) is 0 Å². The maximum absolute atomic E-state index is 6.50. The van der Waals surface area contributed by atoms with Crippen LogP contribution in [0, 0.1) is 0 Å². The normalized spacial score (nSPS) is 13.4. The van der Waals surface area contributed by atoms with Gasteiger partial charge >= 0.3 is 0 Å². The molecule has 1 nitrogen and oxygen atoms in total. The third kappa shape index (κ3) is 3.79. The van der Waals surface area contributed by atoms with Crippen LogP contribution in [0.3, 0.4) is 0 Å². The van der Waals surface area contributed by atoms with Crippen molar-refractivity contribution in [1.82, 2.24) is 0 Å². The van der Waals surface area contributed by atoms with Gasteiger partial charge in [-0.15, -0.1) is 0 Å². The Hall–Kier alpha value is -5.92. The van der Waals surface area contributed by atoms with Crippen LogP contribution >= 0.6 is 0 Å². The minimum atomic E-state index is -0.185. The Labute approximate surface area is 279 Å². The summed E-state index contributed by atoms with van der Waals surface area (Å²) in [5.74, 6) is 1.01. The lowest BCUT2D eigenvalue weighted by atomic mass is 9.79. The zero-order valence-electron chi connectivity index (χ0n) is 26.9. The molecule has 1 heterocycles. The van der Waals surface area contributed by atoms with Gasteiger partial charge in [-0.25, -0.2) is 0 Å². The van der Waals surface area contributed by atoms with Gasteiger partial charge in [-0.2, -0.15) is 0 Å². The molecule has 0 aliphatic heterocycles. The number of fused-ring (bicyclic) bond motifs is 8. The third-order valence-electron chi connectivity index (χ3n) is 10.6. The van der Waals surface area contributed by atoms with E-state index in [2.05, 4.69) is 172 Å². The van der Waals surface area contributed by atoms with Crippen molar-refractivity contribution in [1.29, 1.82) is 0 Å². The maximum Gasteiger partial charge on any atom is 0.139 e. The Morgan fingerprint density at radius 3 is 1.71 bits per heavy atom.